The molecule has 1 saturated heterocycles. The Morgan fingerprint density at radius 2 is 1.84 bits per heavy atom. The number of benzene rings is 2. The zero-order valence-electron chi connectivity index (χ0n) is 24.9. The van der Waals surface area contributed by atoms with Crippen molar-refractivity contribution in [3.05, 3.63) is 87.5 Å². The van der Waals surface area contributed by atoms with Crippen LogP contribution in [0.1, 0.15) is 50.3 Å². The maximum Gasteiger partial charge on any atom is 0.410 e. The molecule has 0 radical (unpaired) electrons. The molecule has 1 amide bonds. The molecule has 3 aromatic rings. The van der Waals surface area contributed by atoms with Crippen molar-refractivity contribution in [1.29, 1.82) is 5.26 Å². The van der Waals surface area contributed by atoms with E-state index in [0.717, 1.165) is 17.2 Å². The van der Waals surface area contributed by atoms with Gasteiger partial charge in [0.1, 0.15) is 17.5 Å². The first-order valence-electron chi connectivity index (χ1n) is 14.0. The van der Waals surface area contributed by atoms with Gasteiger partial charge in [0.2, 0.25) is 0 Å². The van der Waals surface area contributed by atoms with Gasteiger partial charge in [-0.25, -0.2) is 23.4 Å². The summed E-state index contributed by atoms with van der Waals surface area (Å²) in [5.41, 5.74) is 1.32. The zero-order chi connectivity index (χ0) is 32.0. The maximum atomic E-state index is 15.9. The van der Waals surface area contributed by atoms with Gasteiger partial charge in [0.15, 0.2) is 11.6 Å². The smallest absolute Gasteiger partial charge is 0.410 e. The van der Waals surface area contributed by atoms with Gasteiger partial charge in [-0.3, -0.25) is 0 Å². The van der Waals surface area contributed by atoms with E-state index in [2.05, 4.69) is 25.7 Å². The van der Waals surface area contributed by atoms with Crippen LogP contribution >= 0.6 is 15.9 Å². The monoisotopic (exact) mass is 666 g/mol. The van der Waals surface area contributed by atoms with Gasteiger partial charge in [0, 0.05) is 48.0 Å². The SMILES string of the molecule is COC(=O)/C=C/c1ccc(CN(C(=O)OC(C)(C)C)C2CCN(c3ncc(Br)c(-c4ccc(C#N)c(F)c4)c3F)CC2)cc1. The molecule has 0 N–H and O–H groups in total. The van der Waals surface area contributed by atoms with Crippen LogP contribution < -0.4 is 4.90 Å². The standard InChI is InChI=1S/C33H33BrF2N4O4/c1-33(2,3)44-32(42)40(20-22-7-5-21(6-8-22)9-12-28(41)43-4)25-13-15-39(16-14-25)31-30(36)29(26(34)19-38-31)23-10-11-24(18-37)27(35)17-23/h5-12,17,19,25H,13-16,20H2,1-4H3/b12-9+. The Bertz CT molecular complexity index is 1590. The zero-order valence-corrected chi connectivity index (χ0v) is 26.5. The number of anilines is 1. The van der Waals surface area contributed by atoms with E-state index in [0.29, 0.717) is 36.9 Å². The summed E-state index contributed by atoms with van der Waals surface area (Å²) in [5.74, 6) is -1.66. The normalized spacial score (nSPS) is 13.9. The Labute approximate surface area is 264 Å². The summed E-state index contributed by atoms with van der Waals surface area (Å²) in [6, 6.07) is 13.0. The number of methoxy groups -OCH3 is 1. The van der Waals surface area contributed by atoms with Crippen LogP contribution in [-0.4, -0.2) is 53.8 Å². The summed E-state index contributed by atoms with van der Waals surface area (Å²) < 4.78 is 41.0. The van der Waals surface area contributed by atoms with Crippen LogP contribution in [0.5, 0.6) is 0 Å². The topological polar surface area (TPSA) is 95.8 Å². The molecule has 1 aromatic heterocycles. The third-order valence-electron chi connectivity index (χ3n) is 7.11. The Balaban J connectivity index is 1.52. The number of nitriles is 1. The highest BCUT2D eigenvalue weighted by molar-refractivity contribution is 9.10. The molecule has 1 fully saturated rings. The van der Waals surface area contributed by atoms with Crippen LogP contribution in [0.15, 0.2) is 59.2 Å². The number of ether oxygens (including phenoxy) is 2. The number of aromatic nitrogens is 1. The molecule has 2 heterocycles. The maximum absolute atomic E-state index is 15.9. The molecule has 1 aliphatic rings. The molecule has 230 valence electrons. The second kappa shape index (κ2) is 14.0. The fourth-order valence-corrected chi connectivity index (χ4v) is 5.42. The number of amides is 1. The number of nitrogens with zero attached hydrogens (tertiary/aromatic N) is 4. The van der Waals surface area contributed by atoms with Gasteiger partial charge in [-0.05, 0) is 84.4 Å². The first-order chi connectivity index (χ1) is 20.9. The Kier molecular flexibility index (Phi) is 10.4. The predicted molar refractivity (Wildman–Crippen MR) is 167 cm³/mol. The molecule has 44 heavy (non-hydrogen) atoms. The van der Waals surface area contributed by atoms with Gasteiger partial charge < -0.3 is 19.3 Å². The minimum absolute atomic E-state index is 0.123. The van der Waals surface area contributed by atoms with Crippen LogP contribution in [0, 0.1) is 23.0 Å². The molecule has 2 aromatic carbocycles. The summed E-state index contributed by atoms with van der Waals surface area (Å²) in [6.07, 6.45) is 5.10. The van der Waals surface area contributed by atoms with Gasteiger partial charge >= 0.3 is 12.1 Å². The van der Waals surface area contributed by atoms with E-state index in [1.807, 2.05) is 49.9 Å². The minimum atomic E-state index is -0.731. The van der Waals surface area contributed by atoms with Gasteiger partial charge in [-0.15, -0.1) is 0 Å². The van der Waals surface area contributed by atoms with Gasteiger partial charge in [0.25, 0.3) is 0 Å². The average molecular weight is 668 g/mol. The Morgan fingerprint density at radius 3 is 2.43 bits per heavy atom. The number of rotatable bonds is 7. The van der Waals surface area contributed by atoms with Gasteiger partial charge in [-0.1, -0.05) is 30.3 Å². The highest BCUT2D eigenvalue weighted by Gasteiger charge is 2.33. The Hall–Kier alpha value is -4.30. The van der Waals surface area contributed by atoms with Gasteiger partial charge in [0.05, 0.1) is 12.7 Å². The second-order valence-electron chi connectivity index (χ2n) is 11.3. The molecule has 0 saturated carbocycles. The lowest BCUT2D eigenvalue weighted by molar-refractivity contribution is -0.134. The van der Waals surface area contributed by atoms with Crippen LogP contribution in [0.4, 0.5) is 19.4 Å². The van der Waals surface area contributed by atoms with Crippen LogP contribution in [0.25, 0.3) is 17.2 Å². The van der Waals surface area contributed by atoms with Crippen LogP contribution in [-0.2, 0) is 20.8 Å². The number of hydrogen-bond acceptors (Lipinski definition) is 7. The lowest BCUT2D eigenvalue weighted by Gasteiger charge is -2.39. The predicted octanol–water partition coefficient (Wildman–Crippen LogP) is 7.25. The van der Waals surface area contributed by atoms with E-state index in [-0.39, 0.29) is 28.6 Å². The number of carbonyl (C=O) groups is 2. The van der Waals surface area contributed by atoms with Crippen molar-refractivity contribution in [2.45, 2.75) is 51.8 Å². The molecular formula is C33H33BrF2N4O4. The molecule has 0 spiro atoms. The molecular weight excluding hydrogens is 634 g/mol. The van der Waals surface area contributed by atoms with Crippen molar-refractivity contribution in [2.75, 3.05) is 25.1 Å². The van der Waals surface area contributed by atoms with Crippen molar-refractivity contribution in [3.8, 4) is 17.2 Å². The van der Waals surface area contributed by atoms with E-state index in [1.165, 1.54) is 31.5 Å². The lowest BCUT2D eigenvalue weighted by Crippen LogP contribution is -2.48. The highest BCUT2D eigenvalue weighted by Crippen LogP contribution is 2.36. The summed E-state index contributed by atoms with van der Waals surface area (Å²) in [6.45, 7) is 6.59. The number of esters is 1. The van der Waals surface area contributed by atoms with Crippen molar-refractivity contribution < 1.29 is 27.8 Å². The number of hydrogen-bond donors (Lipinski definition) is 0. The summed E-state index contributed by atoms with van der Waals surface area (Å²) >= 11 is 3.33. The minimum Gasteiger partial charge on any atom is -0.466 e. The van der Waals surface area contributed by atoms with Gasteiger partial charge in [-0.2, -0.15) is 5.26 Å². The third kappa shape index (κ3) is 7.99. The molecule has 8 nitrogen and oxygen atoms in total. The quantitative estimate of drug-likeness (QED) is 0.194. The molecule has 1 aliphatic heterocycles. The Morgan fingerprint density at radius 1 is 1.16 bits per heavy atom. The highest BCUT2D eigenvalue weighted by atomic mass is 79.9. The number of carbonyl (C=O) groups excluding carboxylic acids is 2. The first-order valence-corrected chi connectivity index (χ1v) is 14.8. The van der Waals surface area contributed by atoms with E-state index in [9.17, 15) is 14.0 Å². The second-order valence-corrected chi connectivity index (χ2v) is 12.2. The summed E-state index contributed by atoms with van der Waals surface area (Å²) in [5, 5.41) is 9.05. The fourth-order valence-electron chi connectivity index (χ4n) is 4.92. The van der Waals surface area contributed by atoms with Crippen molar-refractivity contribution >= 4 is 39.9 Å². The van der Waals surface area contributed by atoms with Crippen molar-refractivity contribution in [2.24, 2.45) is 0 Å². The molecule has 0 aliphatic carbocycles. The lowest BCUT2D eigenvalue weighted by atomic mass is 10.0. The van der Waals surface area contributed by atoms with Crippen LogP contribution in [0.2, 0.25) is 0 Å². The molecule has 0 bridgehead atoms. The summed E-state index contributed by atoms with van der Waals surface area (Å²) in [4.78, 5) is 32.6. The number of halogens is 3. The molecule has 11 heteroatoms. The average Bonchev–Trinajstić information content (AvgIpc) is 2.98. The largest absolute Gasteiger partial charge is 0.466 e. The fraction of sp³-hybridized carbons (Fsp3) is 0.333. The van der Waals surface area contributed by atoms with Crippen molar-refractivity contribution in [1.82, 2.24) is 9.88 Å². The number of pyridine rings is 1. The summed E-state index contributed by atoms with van der Waals surface area (Å²) in [7, 11) is 1.31. The van der Waals surface area contributed by atoms with E-state index in [1.54, 1.807) is 17.0 Å². The third-order valence-corrected chi connectivity index (χ3v) is 7.71. The van der Waals surface area contributed by atoms with E-state index in [4.69, 9.17) is 10.00 Å². The van der Waals surface area contributed by atoms with E-state index >= 15 is 4.39 Å². The molecule has 0 atom stereocenters. The number of piperidine rings is 1. The van der Waals surface area contributed by atoms with Crippen LogP contribution in [0.3, 0.4) is 0 Å². The van der Waals surface area contributed by atoms with E-state index < -0.39 is 29.3 Å². The van der Waals surface area contributed by atoms with Crippen molar-refractivity contribution in [3.63, 3.8) is 0 Å². The first kappa shape index (κ1) is 32.6. The molecule has 0 unspecified atom stereocenters. The molecule has 4 rings (SSSR count).